The van der Waals surface area contributed by atoms with E-state index in [1.807, 2.05) is 61.5 Å². The Labute approximate surface area is 127 Å². The van der Waals surface area contributed by atoms with Gasteiger partial charge < -0.3 is 10.6 Å². The van der Waals surface area contributed by atoms with E-state index in [0.29, 0.717) is 0 Å². The summed E-state index contributed by atoms with van der Waals surface area (Å²) < 4.78 is 0.987. The maximum atomic E-state index is 11.9. The molecule has 2 N–H and O–H groups in total. The number of benzene rings is 2. The highest BCUT2D eigenvalue weighted by Gasteiger charge is 2.08. The van der Waals surface area contributed by atoms with Crippen LogP contribution in [0.4, 0.5) is 5.69 Å². The molecule has 1 amide bonds. The summed E-state index contributed by atoms with van der Waals surface area (Å²) in [6.45, 7) is 2.24. The summed E-state index contributed by atoms with van der Waals surface area (Å²) >= 11 is 3.40. The zero-order valence-corrected chi connectivity index (χ0v) is 12.9. The Morgan fingerprint density at radius 3 is 2.60 bits per heavy atom. The van der Waals surface area contributed by atoms with Gasteiger partial charge in [0.05, 0.1) is 12.6 Å². The molecule has 0 aromatic heterocycles. The zero-order valence-electron chi connectivity index (χ0n) is 11.3. The lowest BCUT2D eigenvalue weighted by Gasteiger charge is -2.15. The number of hydrogen-bond donors (Lipinski definition) is 2. The molecule has 20 heavy (non-hydrogen) atoms. The molecular weight excluding hydrogens is 316 g/mol. The fourth-order valence-electron chi connectivity index (χ4n) is 1.90. The van der Waals surface area contributed by atoms with Gasteiger partial charge in [-0.25, -0.2) is 0 Å². The Morgan fingerprint density at radius 2 is 1.90 bits per heavy atom. The maximum absolute atomic E-state index is 11.9. The summed E-state index contributed by atoms with van der Waals surface area (Å²) in [6.07, 6.45) is 0. The van der Waals surface area contributed by atoms with Gasteiger partial charge in [0.25, 0.3) is 0 Å². The SMILES string of the molecule is C[C@H](NC(=O)CNc1cccc(Br)c1)c1ccccc1. The molecule has 4 heteroatoms. The van der Waals surface area contributed by atoms with Crippen molar-refractivity contribution >= 4 is 27.5 Å². The third-order valence-electron chi connectivity index (χ3n) is 2.95. The molecule has 0 radical (unpaired) electrons. The average molecular weight is 333 g/mol. The van der Waals surface area contributed by atoms with Gasteiger partial charge in [-0.15, -0.1) is 0 Å². The molecule has 0 aliphatic heterocycles. The van der Waals surface area contributed by atoms with E-state index >= 15 is 0 Å². The van der Waals surface area contributed by atoms with Crippen LogP contribution in [0.15, 0.2) is 59.1 Å². The summed E-state index contributed by atoms with van der Waals surface area (Å²) in [7, 11) is 0. The first-order chi connectivity index (χ1) is 9.65. The summed E-state index contributed by atoms with van der Waals surface area (Å²) in [6, 6.07) is 17.7. The summed E-state index contributed by atoms with van der Waals surface area (Å²) in [4.78, 5) is 11.9. The highest BCUT2D eigenvalue weighted by molar-refractivity contribution is 9.10. The molecule has 0 bridgehead atoms. The van der Waals surface area contributed by atoms with Crippen molar-refractivity contribution in [3.05, 3.63) is 64.6 Å². The smallest absolute Gasteiger partial charge is 0.239 e. The standard InChI is InChI=1S/C16H17BrN2O/c1-12(13-6-3-2-4-7-13)19-16(20)11-18-15-9-5-8-14(17)10-15/h2-10,12,18H,11H2,1H3,(H,19,20)/t12-/m0/s1. The van der Waals surface area contributed by atoms with E-state index in [0.717, 1.165) is 15.7 Å². The quantitative estimate of drug-likeness (QED) is 0.875. The summed E-state index contributed by atoms with van der Waals surface area (Å²) in [5, 5.41) is 6.07. The number of anilines is 1. The fraction of sp³-hybridized carbons (Fsp3) is 0.188. The average Bonchev–Trinajstić information content (AvgIpc) is 2.46. The lowest BCUT2D eigenvalue weighted by Crippen LogP contribution is -2.32. The number of halogens is 1. The van der Waals surface area contributed by atoms with Crippen molar-refractivity contribution in [3.8, 4) is 0 Å². The number of carbonyl (C=O) groups excluding carboxylic acids is 1. The van der Waals surface area contributed by atoms with E-state index in [2.05, 4.69) is 26.6 Å². The molecule has 0 spiro atoms. The Hall–Kier alpha value is -1.81. The molecule has 2 aromatic carbocycles. The lowest BCUT2D eigenvalue weighted by atomic mass is 10.1. The van der Waals surface area contributed by atoms with Crippen molar-refractivity contribution in [2.45, 2.75) is 13.0 Å². The second-order valence-corrected chi connectivity index (χ2v) is 5.48. The van der Waals surface area contributed by atoms with Crippen LogP contribution in [0.2, 0.25) is 0 Å². The third kappa shape index (κ3) is 4.38. The van der Waals surface area contributed by atoms with Crippen LogP contribution in [-0.2, 0) is 4.79 Å². The molecule has 0 fully saturated rings. The van der Waals surface area contributed by atoms with Crippen LogP contribution >= 0.6 is 15.9 Å². The predicted molar refractivity (Wildman–Crippen MR) is 85.6 cm³/mol. The van der Waals surface area contributed by atoms with Crippen molar-refractivity contribution < 1.29 is 4.79 Å². The second kappa shape index (κ2) is 7.10. The van der Waals surface area contributed by atoms with Gasteiger partial charge in [0, 0.05) is 10.2 Å². The van der Waals surface area contributed by atoms with E-state index in [1.165, 1.54) is 0 Å². The molecular formula is C16H17BrN2O. The van der Waals surface area contributed by atoms with Crippen LogP contribution in [-0.4, -0.2) is 12.5 Å². The molecule has 2 rings (SSSR count). The van der Waals surface area contributed by atoms with Crippen LogP contribution in [0, 0.1) is 0 Å². The highest BCUT2D eigenvalue weighted by atomic mass is 79.9. The first-order valence-corrected chi connectivity index (χ1v) is 7.28. The number of amides is 1. The Morgan fingerprint density at radius 1 is 1.15 bits per heavy atom. The van der Waals surface area contributed by atoms with Crippen LogP contribution in [0.25, 0.3) is 0 Å². The van der Waals surface area contributed by atoms with Crippen LogP contribution < -0.4 is 10.6 Å². The largest absolute Gasteiger partial charge is 0.376 e. The molecule has 0 saturated carbocycles. The molecule has 1 atom stereocenters. The minimum absolute atomic E-state index is 0.00742. The van der Waals surface area contributed by atoms with Gasteiger partial charge in [0.15, 0.2) is 0 Å². The van der Waals surface area contributed by atoms with Crippen LogP contribution in [0.1, 0.15) is 18.5 Å². The summed E-state index contributed by atoms with van der Waals surface area (Å²) in [5.74, 6) is -0.0265. The van der Waals surface area contributed by atoms with E-state index in [-0.39, 0.29) is 18.5 Å². The van der Waals surface area contributed by atoms with Gasteiger partial charge in [-0.05, 0) is 30.7 Å². The van der Waals surface area contributed by atoms with E-state index < -0.39 is 0 Å². The van der Waals surface area contributed by atoms with Gasteiger partial charge >= 0.3 is 0 Å². The molecule has 0 heterocycles. The number of nitrogens with one attached hydrogen (secondary N) is 2. The molecule has 104 valence electrons. The van der Waals surface area contributed by atoms with Crippen LogP contribution in [0.3, 0.4) is 0 Å². The molecule has 0 unspecified atom stereocenters. The van der Waals surface area contributed by atoms with E-state index in [1.54, 1.807) is 0 Å². The van der Waals surface area contributed by atoms with Crippen LogP contribution in [0.5, 0.6) is 0 Å². The maximum Gasteiger partial charge on any atom is 0.239 e. The molecule has 0 aliphatic rings. The Kier molecular flexibility index (Phi) is 5.18. The Balaban J connectivity index is 1.84. The minimum Gasteiger partial charge on any atom is -0.376 e. The second-order valence-electron chi connectivity index (χ2n) is 4.56. The number of rotatable bonds is 5. The minimum atomic E-state index is -0.0265. The van der Waals surface area contributed by atoms with Crippen molar-refractivity contribution in [2.75, 3.05) is 11.9 Å². The molecule has 0 aliphatic carbocycles. The van der Waals surface area contributed by atoms with Crippen molar-refractivity contribution in [3.63, 3.8) is 0 Å². The van der Waals surface area contributed by atoms with Crippen molar-refractivity contribution in [1.82, 2.24) is 5.32 Å². The molecule has 0 saturated heterocycles. The zero-order chi connectivity index (χ0) is 14.4. The number of hydrogen-bond acceptors (Lipinski definition) is 2. The summed E-state index contributed by atoms with van der Waals surface area (Å²) in [5.41, 5.74) is 2.02. The van der Waals surface area contributed by atoms with Gasteiger partial charge in [-0.3, -0.25) is 4.79 Å². The van der Waals surface area contributed by atoms with Crippen molar-refractivity contribution in [2.24, 2.45) is 0 Å². The normalized spacial score (nSPS) is 11.7. The third-order valence-corrected chi connectivity index (χ3v) is 3.45. The number of carbonyl (C=O) groups is 1. The predicted octanol–water partition coefficient (Wildman–Crippen LogP) is 3.74. The monoisotopic (exact) mass is 332 g/mol. The molecule has 2 aromatic rings. The van der Waals surface area contributed by atoms with Gasteiger partial charge in [0.2, 0.25) is 5.91 Å². The van der Waals surface area contributed by atoms with Gasteiger partial charge in [0.1, 0.15) is 0 Å². The fourth-order valence-corrected chi connectivity index (χ4v) is 2.30. The first-order valence-electron chi connectivity index (χ1n) is 6.49. The van der Waals surface area contributed by atoms with Crippen molar-refractivity contribution in [1.29, 1.82) is 0 Å². The topological polar surface area (TPSA) is 41.1 Å². The first kappa shape index (κ1) is 14.6. The van der Waals surface area contributed by atoms with E-state index in [9.17, 15) is 4.79 Å². The van der Waals surface area contributed by atoms with Gasteiger partial charge in [-0.1, -0.05) is 52.3 Å². The van der Waals surface area contributed by atoms with Gasteiger partial charge in [-0.2, -0.15) is 0 Å². The highest BCUT2D eigenvalue weighted by Crippen LogP contribution is 2.15. The molecule has 3 nitrogen and oxygen atoms in total. The Bertz CT molecular complexity index is 572. The lowest BCUT2D eigenvalue weighted by molar-refractivity contribution is -0.120. The van der Waals surface area contributed by atoms with E-state index in [4.69, 9.17) is 0 Å².